The van der Waals surface area contributed by atoms with Crippen molar-refractivity contribution in [2.75, 3.05) is 0 Å². The van der Waals surface area contributed by atoms with E-state index >= 15 is 0 Å². The SMILES string of the molecule is Cc1ccc(S(=O)(=O)N2C(=O)c3ccccc3[C@H]([N+](=O)[O-])[C@H]2c2ccc3ccccc3c2)cc1. The van der Waals surface area contributed by atoms with E-state index in [1.54, 1.807) is 42.5 Å². The number of nitrogens with zero attached hydrogens (tertiary/aromatic N) is 2. The minimum Gasteiger partial charge on any atom is -0.268 e. The molecular formula is C26H20N2O5S. The fourth-order valence-corrected chi connectivity index (χ4v) is 6.07. The second-order valence-electron chi connectivity index (χ2n) is 8.29. The monoisotopic (exact) mass is 472 g/mol. The largest absolute Gasteiger partial charge is 0.269 e. The van der Waals surface area contributed by atoms with E-state index in [2.05, 4.69) is 0 Å². The molecule has 0 spiro atoms. The summed E-state index contributed by atoms with van der Waals surface area (Å²) in [5.74, 6) is -0.785. The van der Waals surface area contributed by atoms with Gasteiger partial charge in [0.15, 0.2) is 0 Å². The Morgan fingerprint density at radius 2 is 1.50 bits per heavy atom. The number of aryl methyl sites for hydroxylation is 1. The molecule has 1 aliphatic heterocycles. The van der Waals surface area contributed by atoms with Crippen LogP contribution in [0.3, 0.4) is 0 Å². The average Bonchev–Trinajstić information content (AvgIpc) is 2.83. The number of hydrogen-bond acceptors (Lipinski definition) is 5. The summed E-state index contributed by atoms with van der Waals surface area (Å²) in [6.07, 6.45) is 0. The molecule has 0 saturated carbocycles. The number of hydrogen-bond donors (Lipinski definition) is 0. The Morgan fingerprint density at radius 3 is 2.21 bits per heavy atom. The number of sulfonamides is 1. The summed E-state index contributed by atoms with van der Waals surface area (Å²) in [6, 6.07) is 22.0. The summed E-state index contributed by atoms with van der Waals surface area (Å²) < 4.78 is 28.3. The summed E-state index contributed by atoms with van der Waals surface area (Å²) in [5, 5.41) is 14.1. The standard InChI is InChI=1S/C26H20N2O5S/c1-17-10-14-21(15-11-17)34(32,33)27-24(20-13-12-18-6-2-3-7-19(18)16-20)25(28(30)31)22-8-4-5-9-23(22)26(27)29/h2-16,24-25H,1H3/t24-,25+/m1/s1. The fourth-order valence-electron chi connectivity index (χ4n) is 4.51. The van der Waals surface area contributed by atoms with Crippen molar-refractivity contribution in [3.8, 4) is 0 Å². The third-order valence-corrected chi connectivity index (χ3v) is 7.96. The molecule has 0 radical (unpaired) electrons. The van der Waals surface area contributed by atoms with Gasteiger partial charge in [0.05, 0.1) is 10.5 Å². The van der Waals surface area contributed by atoms with E-state index in [1.165, 1.54) is 24.3 Å². The summed E-state index contributed by atoms with van der Waals surface area (Å²) in [5.41, 5.74) is 1.44. The first-order chi connectivity index (χ1) is 16.3. The van der Waals surface area contributed by atoms with Crippen molar-refractivity contribution in [3.05, 3.63) is 123 Å². The van der Waals surface area contributed by atoms with E-state index in [-0.39, 0.29) is 16.0 Å². The zero-order valence-electron chi connectivity index (χ0n) is 18.2. The van der Waals surface area contributed by atoms with E-state index in [4.69, 9.17) is 0 Å². The summed E-state index contributed by atoms with van der Waals surface area (Å²) in [4.78, 5) is 25.4. The Hall–Kier alpha value is -4.04. The van der Waals surface area contributed by atoms with Crippen LogP contribution in [0.4, 0.5) is 0 Å². The van der Waals surface area contributed by atoms with E-state index < -0.39 is 32.9 Å². The second kappa shape index (κ2) is 8.07. The molecule has 0 N–H and O–H groups in total. The Morgan fingerprint density at radius 1 is 0.853 bits per heavy atom. The highest BCUT2D eigenvalue weighted by Crippen LogP contribution is 2.46. The number of carbonyl (C=O) groups excluding carboxylic acids is 1. The Balaban J connectivity index is 1.79. The third kappa shape index (κ3) is 3.43. The predicted molar refractivity (Wildman–Crippen MR) is 127 cm³/mol. The lowest BCUT2D eigenvalue weighted by molar-refractivity contribution is -0.537. The molecule has 4 aromatic rings. The molecule has 1 amide bonds. The molecule has 1 aliphatic rings. The molecule has 34 heavy (non-hydrogen) atoms. The third-order valence-electron chi connectivity index (χ3n) is 6.18. The highest BCUT2D eigenvalue weighted by Gasteiger charge is 2.52. The van der Waals surface area contributed by atoms with Crippen LogP contribution in [0.5, 0.6) is 0 Å². The number of carbonyl (C=O) groups is 1. The zero-order chi connectivity index (χ0) is 24.0. The number of benzene rings is 4. The molecule has 2 atom stereocenters. The van der Waals surface area contributed by atoms with Crippen LogP contribution in [0, 0.1) is 17.0 Å². The lowest BCUT2D eigenvalue weighted by Gasteiger charge is -2.37. The van der Waals surface area contributed by atoms with Crippen molar-refractivity contribution < 1.29 is 18.1 Å². The van der Waals surface area contributed by atoms with Crippen LogP contribution in [0.2, 0.25) is 0 Å². The Kier molecular flexibility index (Phi) is 5.17. The molecule has 0 fully saturated rings. The minimum absolute atomic E-state index is 0.0110. The van der Waals surface area contributed by atoms with Crippen LogP contribution in [-0.2, 0) is 10.0 Å². The van der Waals surface area contributed by atoms with Crippen LogP contribution in [-0.4, -0.2) is 23.6 Å². The second-order valence-corrected chi connectivity index (χ2v) is 10.1. The number of nitro groups is 1. The van der Waals surface area contributed by atoms with Crippen LogP contribution in [0.15, 0.2) is 95.9 Å². The van der Waals surface area contributed by atoms with Crippen molar-refractivity contribution in [1.82, 2.24) is 4.31 Å². The maximum absolute atomic E-state index is 13.8. The smallest absolute Gasteiger partial charge is 0.268 e. The van der Waals surface area contributed by atoms with E-state index in [9.17, 15) is 23.3 Å². The van der Waals surface area contributed by atoms with E-state index in [1.807, 2.05) is 31.2 Å². The molecule has 0 unspecified atom stereocenters. The van der Waals surface area contributed by atoms with Crippen molar-refractivity contribution >= 4 is 26.7 Å². The minimum atomic E-state index is -4.41. The van der Waals surface area contributed by atoms with Crippen molar-refractivity contribution in [2.24, 2.45) is 0 Å². The first-order valence-corrected chi connectivity index (χ1v) is 12.1. The maximum Gasteiger partial charge on any atom is 0.269 e. The topological polar surface area (TPSA) is 97.6 Å². The maximum atomic E-state index is 13.8. The number of amides is 1. The van der Waals surface area contributed by atoms with Gasteiger partial charge in [-0.05, 0) is 47.5 Å². The molecule has 0 bridgehead atoms. The van der Waals surface area contributed by atoms with Crippen molar-refractivity contribution in [2.45, 2.75) is 23.9 Å². The molecular weight excluding hydrogens is 452 g/mol. The van der Waals surface area contributed by atoms with Gasteiger partial charge in [0.25, 0.3) is 22.0 Å². The molecule has 0 aromatic heterocycles. The van der Waals surface area contributed by atoms with Gasteiger partial charge in [0.1, 0.15) is 6.04 Å². The van der Waals surface area contributed by atoms with E-state index in [0.29, 0.717) is 9.87 Å². The van der Waals surface area contributed by atoms with Gasteiger partial charge >= 0.3 is 0 Å². The van der Waals surface area contributed by atoms with Crippen LogP contribution in [0.1, 0.15) is 39.1 Å². The van der Waals surface area contributed by atoms with Gasteiger partial charge < -0.3 is 0 Å². The van der Waals surface area contributed by atoms with Gasteiger partial charge in [0, 0.05) is 10.5 Å². The lowest BCUT2D eigenvalue weighted by atomic mass is 9.86. The summed E-state index contributed by atoms with van der Waals surface area (Å²) in [6.45, 7) is 1.82. The molecule has 170 valence electrons. The van der Waals surface area contributed by atoms with Gasteiger partial charge in [-0.2, -0.15) is 0 Å². The first kappa shape index (κ1) is 21.8. The molecule has 8 heteroatoms. The average molecular weight is 473 g/mol. The molecule has 7 nitrogen and oxygen atoms in total. The Labute approximate surface area is 196 Å². The molecule has 1 heterocycles. The first-order valence-electron chi connectivity index (χ1n) is 10.7. The zero-order valence-corrected chi connectivity index (χ0v) is 19.0. The van der Waals surface area contributed by atoms with Gasteiger partial charge in [0.2, 0.25) is 0 Å². The highest BCUT2D eigenvalue weighted by molar-refractivity contribution is 7.89. The van der Waals surface area contributed by atoms with Crippen LogP contribution < -0.4 is 0 Å². The molecule has 0 aliphatic carbocycles. The molecule has 5 rings (SSSR count). The predicted octanol–water partition coefficient (Wildman–Crippen LogP) is 5.05. The fraction of sp³-hybridized carbons (Fsp3) is 0.115. The van der Waals surface area contributed by atoms with Gasteiger partial charge in [-0.1, -0.05) is 72.3 Å². The van der Waals surface area contributed by atoms with Gasteiger partial charge in [-0.15, -0.1) is 0 Å². The summed E-state index contributed by atoms with van der Waals surface area (Å²) >= 11 is 0. The van der Waals surface area contributed by atoms with Crippen LogP contribution in [0.25, 0.3) is 10.8 Å². The summed E-state index contributed by atoms with van der Waals surface area (Å²) in [7, 11) is -4.41. The normalized spacial score (nSPS) is 18.0. The number of fused-ring (bicyclic) bond motifs is 2. The molecule has 0 saturated heterocycles. The molecule has 4 aromatic carbocycles. The van der Waals surface area contributed by atoms with Crippen molar-refractivity contribution in [1.29, 1.82) is 0 Å². The lowest BCUT2D eigenvalue weighted by Crippen LogP contribution is -2.47. The number of rotatable bonds is 4. The van der Waals surface area contributed by atoms with Gasteiger partial charge in [-0.3, -0.25) is 14.9 Å². The highest BCUT2D eigenvalue weighted by atomic mass is 32.2. The van der Waals surface area contributed by atoms with Crippen LogP contribution >= 0.6 is 0 Å². The quantitative estimate of drug-likeness (QED) is 0.306. The van der Waals surface area contributed by atoms with Gasteiger partial charge in [-0.25, -0.2) is 12.7 Å². The van der Waals surface area contributed by atoms with Crippen molar-refractivity contribution in [3.63, 3.8) is 0 Å². The van der Waals surface area contributed by atoms with E-state index in [0.717, 1.165) is 16.3 Å². The Bertz CT molecular complexity index is 1550.